The summed E-state index contributed by atoms with van der Waals surface area (Å²) < 4.78 is 1.60. The fraction of sp³-hybridized carbons (Fsp3) is 0.111. The van der Waals surface area contributed by atoms with Crippen molar-refractivity contribution in [2.45, 2.75) is 0 Å². The van der Waals surface area contributed by atoms with E-state index in [0.29, 0.717) is 16.3 Å². The molecule has 0 radical (unpaired) electrons. The minimum Gasteiger partial charge on any atom is -0.478 e. The maximum absolute atomic E-state index is 10.8. The lowest BCUT2D eigenvalue weighted by atomic mass is 10.1. The Morgan fingerprint density at radius 2 is 2.27 bits per heavy atom. The number of nitrogens with zero attached hydrogens (tertiary/aromatic N) is 2. The van der Waals surface area contributed by atoms with Crippen LogP contribution in [0.3, 0.4) is 0 Å². The zero-order chi connectivity index (χ0) is 11.2. The van der Waals surface area contributed by atoms with Crippen LogP contribution in [0.15, 0.2) is 12.1 Å². The van der Waals surface area contributed by atoms with Gasteiger partial charge in [0.15, 0.2) is 0 Å². The first-order valence-electron chi connectivity index (χ1n) is 4.15. The summed E-state index contributed by atoms with van der Waals surface area (Å²) in [7, 11) is 1.71. The van der Waals surface area contributed by atoms with Crippen molar-refractivity contribution in [1.82, 2.24) is 9.55 Å². The predicted octanol–water partition coefficient (Wildman–Crippen LogP) is 1.51. The van der Waals surface area contributed by atoms with Gasteiger partial charge in [0.05, 0.1) is 16.6 Å². The Balaban J connectivity index is 2.83. The Morgan fingerprint density at radius 1 is 1.60 bits per heavy atom. The van der Waals surface area contributed by atoms with E-state index in [-0.39, 0.29) is 11.3 Å². The van der Waals surface area contributed by atoms with E-state index in [2.05, 4.69) is 4.98 Å². The van der Waals surface area contributed by atoms with Crippen molar-refractivity contribution < 1.29 is 9.90 Å². The fourth-order valence-corrected chi connectivity index (χ4v) is 1.59. The standard InChI is InChI=1S/C9H8ClN3O2/c1-13-7-2-4(8(14)15)5(11)3-6(7)12-9(13)10/h2-3H,11H2,1H3,(H,14,15). The number of rotatable bonds is 1. The number of halogens is 1. The molecule has 0 fully saturated rings. The molecule has 0 saturated heterocycles. The van der Waals surface area contributed by atoms with Crippen LogP contribution >= 0.6 is 11.6 Å². The smallest absolute Gasteiger partial charge is 0.337 e. The number of nitrogen functional groups attached to an aromatic ring is 1. The summed E-state index contributed by atoms with van der Waals surface area (Å²) in [6.07, 6.45) is 0. The highest BCUT2D eigenvalue weighted by molar-refractivity contribution is 6.29. The highest BCUT2D eigenvalue weighted by Crippen LogP contribution is 2.23. The number of aromatic nitrogens is 2. The Morgan fingerprint density at radius 3 is 2.87 bits per heavy atom. The van der Waals surface area contributed by atoms with Crippen LogP contribution in [-0.4, -0.2) is 20.6 Å². The van der Waals surface area contributed by atoms with Crippen LogP contribution in [0.1, 0.15) is 10.4 Å². The molecule has 0 aliphatic heterocycles. The number of benzene rings is 1. The topological polar surface area (TPSA) is 81.1 Å². The van der Waals surface area contributed by atoms with Crippen molar-refractivity contribution in [3.63, 3.8) is 0 Å². The first-order chi connectivity index (χ1) is 7.00. The predicted molar refractivity (Wildman–Crippen MR) is 57.1 cm³/mol. The van der Waals surface area contributed by atoms with Gasteiger partial charge in [-0.15, -0.1) is 0 Å². The van der Waals surface area contributed by atoms with Gasteiger partial charge in [-0.05, 0) is 23.7 Å². The number of fused-ring (bicyclic) bond motifs is 1. The molecule has 0 aliphatic rings. The zero-order valence-corrected chi connectivity index (χ0v) is 8.62. The van der Waals surface area contributed by atoms with E-state index >= 15 is 0 Å². The number of carbonyl (C=O) groups is 1. The molecule has 2 aromatic rings. The third kappa shape index (κ3) is 1.41. The van der Waals surface area contributed by atoms with Crippen LogP contribution in [-0.2, 0) is 7.05 Å². The van der Waals surface area contributed by atoms with Crippen LogP contribution in [0.25, 0.3) is 11.0 Å². The van der Waals surface area contributed by atoms with E-state index in [1.165, 1.54) is 12.1 Å². The Hall–Kier alpha value is -1.75. The van der Waals surface area contributed by atoms with Crippen molar-refractivity contribution >= 4 is 34.3 Å². The summed E-state index contributed by atoms with van der Waals surface area (Å²) in [6.45, 7) is 0. The summed E-state index contributed by atoms with van der Waals surface area (Å²) in [4.78, 5) is 14.9. The van der Waals surface area contributed by atoms with Crippen molar-refractivity contribution in [1.29, 1.82) is 0 Å². The lowest BCUT2D eigenvalue weighted by molar-refractivity contribution is 0.0698. The van der Waals surface area contributed by atoms with E-state index < -0.39 is 5.97 Å². The van der Waals surface area contributed by atoms with Crippen LogP contribution in [0.5, 0.6) is 0 Å². The van der Waals surface area contributed by atoms with Crippen LogP contribution in [0.2, 0.25) is 5.28 Å². The van der Waals surface area contributed by atoms with Gasteiger partial charge in [0.25, 0.3) is 0 Å². The van der Waals surface area contributed by atoms with Gasteiger partial charge in [0.2, 0.25) is 5.28 Å². The van der Waals surface area contributed by atoms with Gasteiger partial charge in [0.1, 0.15) is 0 Å². The molecule has 15 heavy (non-hydrogen) atoms. The Bertz CT molecular complexity index is 562. The first kappa shape index (κ1) is 9.79. The average Bonchev–Trinajstić information content (AvgIpc) is 2.41. The number of nitrogens with two attached hydrogens (primary N) is 1. The molecule has 0 unspecified atom stereocenters. The molecular formula is C9H8ClN3O2. The SMILES string of the molecule is Cn1c(Cl)nc2cc(N)c(C(=O)O)cc21. The summed E-state index contributed by atoms with van der Waals surface area (Å²) in [5, 5.41) is 9.18. The maximum Gasteiger partial charge on any atom is 0.337 e. The second-order valence-corrected chi connectivity index (χ2v) is 3.51. The highest BCUT2D eigenvalue weighted by Gasteiger charge is 2.13. The van der Waals surface area contributed by atoms with Gasteiger partial charge in [-0.3, -0.25) is 0 Å². The molecule has 0 amide bonds. The molecular weight excluding hydrogens is 218 g/mol. The molecule has 1 aromatic carbocycles. The molecule has 1 heterocycles. The number of aryl methyl sites for hydroxylation is 1. The fourth-order valence-electron chi connectivity index (χ4n) is 1.41. The summed E-state index contributed by atoms with van der Waals surface area (Å²) in [6, 6.07) is 2.97. The normalized spacial score (nSPS) is 10.8. The number of aromatic carboxylic acids is 1. The van der Waals surface area contributed by atoms with E-state index in [0.717, 1.165) is 0 Å². The van der Waals surface area contributed by atoms with Crippen LogP contribution in [0, 0.1) is 0 Å². The van der Waals surface area contributed by atoms with Gasteiger partial charge in [-0.1, -0.05) is 0 Å². The van der Waals surface area contributed by atoms with Gasteiger partial charge >= 0.3 is 5.97 Å². The first-order valence-corrected chi connectivity index (χ1v) is 4.53. The van der Waals surface area contributed by atoms with Gasteiger partial charge < -0.3 is 15.4 Å². The number of imidazole rings is 1. The molecule has 0 spiro atoms. The number of carboxylic acid groups (broad SMARTS) is 1. The molecule has 0 bridgehead atoms. The molecule has 5 nitrogen and oxygen atoms in total. The van der Waals surface area contributed by atoms with E-state index in [1.807, 2.05) is 0 Å². The molecule has 2 rings (SSSR count). The Labute approximate surface area is 90.1 Å². The van der Waals surface area contributed by atoms with Gasteiger partial charge in [0, 0.05) is 12.7 Å². The molecule has 3 N–H and O–H groups in total. The zero-order valence-electron chi connectivity index (χ0n) is 7.86. The number of hydrogen-bond acceptors (Lipinski definition) is 3. The number of hydrogen-bond donors (Lipinski definition) is 2. The minimum atomic E-state index is -1.06. The maximum atomic E-state index is 10.8. The molecule has 6 heteroatoms. The molecule has 0 saturated carbocycles. The van der Waals surface area contributed by atoms with E-state index in [9.17, 15) is 4.79 Å². The van der Waals surface area contributed by atoms with Crippen LogP contribution in [0.4, 0.5) is 5.69 Å². The molecule has 0 atom stereocenters. The summed E-state index contributed by atoms with van der Waals surface area (Å²) in [5.41, 5.74) is 7.05. The van der Waals surface area contributed by atoms with Crippen molar-refractivity contribution in [3.8, 4) is 0 Å². The third-order valence-electron chi connectivity index (χ3n) is 2.23. The monoisotopic (exact) mass is 225 g/mol. The Kier molecular flexibility index (Phi) is 2.04. The van der Waals surface area contributed by atoms with Crippen molar-refractivity contribution in [2.24, 2.45) is 7.05 Å². The van der Waals surface area contributed by atoms with Crippen molar-refractivity contribution in [3.05, 3.63) is 23.0 Å². The second kappa shape index (κ2) is 3.13. The average molecular weight is 226 g/mol. The molecule has 78 valence electrons. The van der Waals surface area contributed by atoms with E-state index in [4.69, 9.17) is 22.4 Å². The molecule has 1 aromatic heterocycles. The van der Waals surface area contributed by atoms with Gasteiger partial charge in [-0.25, -0.2) is 9.78 Å². The summed E-state index contributed by atoms with van der Waals surface area (Å²) >= 11 is 5.80. The lowest BCUT2D eigenvalue weighted by Crippen LogP contribution is -2.02. The third-order valence-corrected chi connectivity index (χ3v) is 2.57. The van der Waals surface area contributed by atoms with Crippen LogP contribution < -0.4 is 5.73 Å². The number of anilines is 1. The highest BCUT2D eigenvalue weighted by atomic mass is 35.5. The number of carboxylic acids is 1. The largest absolute Gasteiger partial charge is 0.478 e. The van der Waals surface area contributed by atoms with Crippen molar-refractivity contribution in [2.75, 3.05) is 5.73 Å². The molecule has 0 aliphatic carbocycles. The van der Waals surface area contributed by atoms with Gasteiger partial charge in [-0.2, -0.15) is 0 Å². The summed E-state index contributed by atoms with van der Waals surface area (Å²) in [5.74, 6) is -1.06. The quantitative estimate of drug-likeness (QED) is 0.721. The second-order valence-electron chi connectivity index (χ2n) is 3.17. The van der Waals surface area contributed by atoms with E-state index in [1.54, 1.807) is 11.6 Å². The minimum absolute atomic E-state index is 0.0576. The lowest BCUT2D eigenvalue weighted by Gasteiger charge is -2.01.